The van der Waals surface area contributed by atoms with Gasteiger partial charge in [-0.1, -0.05) is 25.1 Å². The lowest BCUT2D eigenvalue weighted by molar-refractivity contribution is -0.119. The average molecular weight is 357 g/mol. The molecule has 6 heteroatoms. The number of rotatable bonds is 5. The zero-order chi connectivity index (χ0) is 18.0. The number of hydrogen-bond donors (Lipinski definition) is 0. The predicted molar refractivity (Wildman–Crippen MR) is 96.9 cm³/mol. The number of nitrogens with zero attached hydrogens (tertiary/aromatic N) is 1. The van der Waals surface area contributed by atoms with Crippen LogP contribution in [0.1, 0.15) is 12.5 Å². The van der Waals surface area contributed by atoms with E-state index >= 15 is 0 Å². The minimum atomic E-state index is -0.433. The molecule has 2 aromatic rings. The lowest BCUT2D eigenvalue weighted by atomic mass is 10.0. The third-order valence-corrected chi connectivity index (χ3v) is 4.75. The van der Waals surface area contributed by atoms with E-state index < -0.39 is 17.6 Å². The van der Waals surface area contributed by atoms with Gasteiger partial charge in [-0.05, 0) is 36.1 Å². The van der Waals surface area contributed by atoms with Crippen LogP contribution in [0.25, 0.3) is 5.57 Å². The average Bonchev–Trinajstić information content (AvgIpc) is 2.86. The summed E-state index contributed by atoms with van der Waals surface area (Å²) < 4.78 is 18.5. The van der Waals surface area contributed by atoms with Crippen LogP contribution in [0.5, 0.6) is 5.75 Å². The highest BCUT2D eigenvalue weighted by Gasteiger charge is 2.40. The SMILES string of the molecule is CCSC1=C(c2ccccc2OC)C(=O)N(c2ccc(F)cc2)C1=O. The minimum absolute atomic E-state index is 0.318. The van der Waals surface area contributed by atoms with Crippen molar-refractivity contribution in [3.05, 3.63) is 64.8 Å². The number of methoxy groups -OCH3 is 1. The molecule has 3 rings (SSSR count). The summed E-state index contributed by atoms with van der Waals surface area (Å²) in [4.78, 5) is 27.4. The Morgan fingerprint density at radius 1 is 1.04 bits per heavy atom. The number of benzene rings is 2. The number of thioether (sulfide) groups is 1. The van der Waals surface area contributed by atoms with Crippen LogP contribution in [0.3, 0.4) is 0 Å². The maximum absolute atomic E-state index is 13.2. The first kappa shape index (κ1) is 17.2. The Hall–Kier alpha value is -2.60. The fourth-order valence-corrected chi connectivity index (χ4v) is 3.55. The van der Waals surface area contributed by atoms with Crippen molar-refractivity contribution in [3.8, 4) is 5.75 Å². The van der Waals surface area contributed by atoms with Crippen LogP contribution < -0.4 is 9.64 Å². The van der Waals surface area contributed by atoms with Gasteiger partial charge in [-0.3, -0.25) is 9.59 Å². The van der Waals surface area contributed by atoms with Gasteiger partial charge < -0.3 is 4.74 Å². The molecule has 128 valence electrons. The standard InChI is InChI=1S/C19H16FNO3S/c1-3-25-17-16(14-6-4-5-7-15(14)24-2)18(22)21(19(17)23)13-10-8-12(20)9-11-13/h4-11H,3H2,1-2H3. The monoisotopic (exact) mass is 357 g/mol. The van der Waals surface area contributed by atoms with Crippen molar-refractivity contribution in [2.75, 3.05) is 17.8 Å². The van der Waals surface area contributed by atoms with Crippen LogP contribution in [0.2, 0.25) is 0 Å². The van der Waals surface area contributed by atoms with E-state index in [1.807, 2.05) is 6.92 Å². The minimum Gasteiger partial charge on any atom is -0.496 e. The summed E-state index contributed by atoms with van der Waals surface area (Å²) in [6.07, 6.45) is 0. The van der Waals surface area contributed by atoms with E-state index in [0.29, 0.717) is 33.2 Å². The summed E-state index contributed by atoms with van der Waals surface area (Å²) in [7, 11) is 1.52. The molecule has 2 aromatic carbocycles. The second-order valence-corrected chi connectivity index (χ2v) is 6.53. The number of carbonyl (C=O) groups excluding carboxylic acids is 2. The van der Waals surface area contributed by atoms with Gasteiger partial charge in [-0.15, -0.1) is 11.8 Å². The first-order valence-electron chi connectivity index (χ1n) is 7.73. The maximum Gasteiger partial charge on any atom is 0.272 e. The van der Waals surface area contributed by atoms with Crippen LogP contribution in [0, 0.1) is 5.82 Å². The second-order valence-electron chi connectivity index (χ2n) is 5.26. The van der Waals surface area contributed by atoms with E-state index in [2.05, 4.69) is 0 Å². The molecule has 1 aliphatic rings. The van der Waals surface area contributed by atoms with Crippen LogP contribution >= 0.6 is 11.8 Å². The van der Waals surface area contributed by atoms with Crippen molar-refractivity contribution in [2.24, 2.45) is 0 Å². The molecule has 0 saturated heterocycles. The van der Waals surface area contributed by atoms with Gasteiger partial charge in [0.1, 0.15) is 11.6 Å². The number of para-hydroxylation sites is 1. The van der Waals surface area contributed by atoms with Crippen LogP contribution in [-0.4, -0.2) is 24.7 Å². The molecule has 0 atom stereocenters. The molecular formula is C19H16FNO3S. The number of imide groups is 1. The Morgan fingerprint density at radius 3 is 2.36 bits per heavy atom. The zero-order valence-electron chi connectivity index (χ0n) is 13.8. The highest BCUT2D eigenvalue weighted by Crippen LogP contribution is 2.40. The van der Waals surface area contributed by atoms with Gasteiger partial charge in [0.05, 0.1) is 23.3 Å². The Bertz CT molecular complexity index is 861. The molecule has 0 aliphatic carbocycles. The molecule has 1 heterocycles. The quantitative estimate of drug-likeness (QED) is 0.762. The zero-order valence-corrected chi connectivity index (χ0v) is 14.6. The molecule has 1 aliphatic heterocycles. The number of ether oxygens (including phenoxy) is 1. The Kier molecular flexibility index (Phi) is 4.90. The Labute approximate surface area is 149 Å². The third kappa shape index (κ3) is 3.05. The second kappa shape index (κ2) is 7.11. The van der Waals surface area contributed by atoms with Crippen molar-refractivity contribution >= 4 is 34.8 Å². The molecule has 0 spiro atoms. The van der Waals surface area contributed by atoms with Gasteiger partial charge in [0.15, 0.2) is 0 Å². The molecule has 25 heavy (non-hydrogen) atoms. The van der Waals surface area contributed by atoms with E-state index in [-0.39, 0.29) is 0 Å². The fourth-order valence-electron chi connectivity index (χ4n) is 2.70. The van der Waals surface area contributed by atoms with Gasteiger partial charge in [0.2, 0.25) is 0 Å². The summed E-state index contributed by atoms with van der Waals surface area (Å²) in [6, 6.07) is 12.4. The number of halogens is 1. The molecule has 0 N–H and O–H groups in total. The highest BCUT2D eigenvalue weighted by atomic mass is 32.2. The number of amides is 2. The summed E-state index contributed by atoms with van der Waals surface area (Å²) in [5.41, 5.74) is 1.23. The lowest BCUT2D eigenvalue weighted by Gasteiger charge is -2.15. The van der Waals surface area contributed by atoms with Gasteiger partial charge in [0.25, 0.3) is 11.8 Å². The van der Waals surface area contributed by atoms with Gasteiger partial charge in [0, 0.05) is 5.56 Å². The van der Waals surface area contributed by atoms with Gasteiger partial charge in [-0.2, -0.15) is 0 Å². The largest absolute Gasteiger partial charge is 0.496 e. The number of hydrogen-bond acceptors (Lipinski definition) is 4. The topological polar surface area (TPSA) is 46.6 Å². The third-order valence-electron chi connectivity index (χ3n) is 3.79. The van der Waals surface area contributed by atoms with Crippen molar-refractivity contribution in [3.63, 3.8) is 0 Å². The summed E-state index contributed by atoms with van der Waals surface area (Å²) in [5, 5.41) is 0. The van der Waals surface area contributed by atoms with Crippen LogP contribution in [0.4, 0.5) is 10.1 Å². The lowest BCUT2D eigenvalue weighted by Crippen LogP contribution is -2.31. The Balaban J connectivity index is 2.12. The summed E-state index contributed by atoms with van der Waals surface area (Å²) >= 11 is 1.31. The van der Waals surface area contributed by atoms with Crippen molar-refractivity contribution in [1.29, 1.82) is 0 Å². The molecule has 0 aromatic heterocycles. The highest BCUT2D eigenvalue weighted by molar-refractivity contribution is 8.04. The molecule has 0 fully saturated rings. The van der Waals surface area contributed by atoms with E-state index in [1.165, 1.54) is 43.1 Å². The Morgan fingerprint density at radius 2 is 1.72 bits per heavy atom. The number of carbonyl (C=O) groups is 2. The molecule has 2 amide bonds. The molecule has 0 bridgehead atoms. The first-order valence-corrected chi connectivity index (χ1v) is 8.71. The molecule has 0 saturated carbocycles. The predicted octanol–water partition coefficient (Wildman–Crippen LogP) is 3.87. The van der Waals surface area contributed by atoms with Crippen molar-refractivity contribution in [2.45, 2.75) is 6.92 Å². The van der Waals surface area contributed by atoms with Gasteiger partial charge in [-0.25, -0.2) is 9.29 Å². The number of anilines is 1. The molecule has 0 radical (unpaired) electrons. The smallest absolute Gasteiger partial charge is 0.272 e. The van der Waals surface area contributed by atoms with E-state index in [1.54, 1.807) is 24.3 Å². The van der Waals surface area contributed by atoms with E-state index in [4.69, 9.17) is 4.74 Å². The summed E-state index contributed by atoms with van der Waals surface area (Å²) in [5.74, 6) is -0.0938. The molecule has 0 unspecified atom stereocenters. The normalized spacial score (nSPS) is 14.4. The van der Waals surface area contributed by atoms with Crippen LogP contribution in [-0.2, 0) is 9.59 Å². The van der Waals surface area contributed by atoms with E-state index in [9.17, 15) is 14.0 Å². The first-order chi connectivity index (χ1) is 12.1. The van der Waals surface area contributed by atoms with E-state index in [0.717, 1.165) is 4.90 Å². The summed E-state index contributed by atoms with van der Waals surface area (Å²) in [6.45, 7) is 1.91. The van der Waals surface area contributed by atoms with Crippen molar-refractivity contribution in [1.82, 2.24) is 0 Å². The van der Waals surface area contributed by atoms with Crippen molar-refractivity contribution < 1.29 is 18.7 Å². The molecular weight excluding hydrogens is 341 g/mol. The van der Waals surface area contributed by atoms with Crippen LogP contribution in [0.15, 0.2) is 53.4 Å². The fraction of sp³-hybridized carbons (Fsp3) is 0.158. The maximum atomic E-state index is 13.2. The molecule has 4 nitrogen and oxygen atoms in total. The van der Waals surface area contributed by atoms with Gasteiger partial charge >= 0.3 is 0 Å².